The summed E-state index contributed by atoms with van der Waals surface area (Å²) in [5.41, 5.74) is 0. The number of unbranched alkanes of at least 4 members (excludes halogenated alkanes) is 1. The van der Waals surface area contributed by atoms with Crippen molar-refractivity contribution in [1.29, 1.82) is 0 Å². The molecule has 1 rings (SSSR count). The molecule has 0 atom stereocenters. The average molecular weight is 311 g/mol. The lowest BCUT2D eigenvalue weighted by molar-refractivity contribution is 0.543. The fourth-order valence-electron chi connectivity index (χ4n) is 1.06. The Hall–Kier alpha value is -0.530. The molecule has 1 aromatic heterocycles. The van der Waals surface area contributed by atoms with Gasteiger partial charge in [-0.15, -0.1) is 0 Å². The molecule has 1 aromatic rings. The molecule has 0 radical (unpaired) electrons. The average Bonchev–Trinajstić information content (AvgIpc) is 2.25. The van der Waals surface area contributed by atoms with Crippen molar-refractivity contribution < 1.29 is 12.8 Å². The molecule has 0 bridgehead atoms. The van der Waals surface area contributed by atoms with E-state index in [4.69, 9.17) is 0 Å². The van der Waals surface area contributed by atoms with E-state index in [0.717, 1.165) is 17.8 Å². The van der Waals surface area contributed by atoms with Gasteiger partial charge in [0.1, 0.15) is 0 Å². The van der Waals surface area contributed by atoms with Gasteiger partial charge in [-0.3, -0.25) is 0 Å². The quantitative estimate of drug-likeness (QED) is 0.642. The lowest BCUT2D eigenvalue weighted by Gasteiger charge is -2.05. The summed E-state index contributed by atoms with van der Waals surface area (Å²) in [7, 11) is -3.82. The van der Waals surface area contributed by atoms with Gasteiger partial charge in [-0.25, -0.2) is 22.5 Å². The molecule has 0 aliphatic heterocycles. The summed E-state index contributed by atoms with van der Waals surface area (Å²) < 4.78 is 38.7. The topological polar surface area (TPSA) is 59.1 Å². The van der Waals surface area contributed by atoms with Gasteiger partial charge >= 0.3 is 0 Å². The molecule has 0 aliphatic carbocycles. The Morgan fingerprint density at radius 1 is 1.44 bits per heavy atom. The molecule has 7 heteroatoms. The molecular weight excluding hydrogens is 299 g/mol. The molecule has 1 heterocycles. The molecule has 0 saturated heterocycles. The molecule has 0 aromatic carbocycles. The van der Waals surface area contributed by atoms with Crippen molar-refractivity contribution in [2.24, 2.45) is 0 Å². The Kier molecular flexibility index (Phi) is 5.30. The minimum atomic E-state index is -3.82. The smallest absolute Gasteiger partial charge is 0.241 e. The van der Waals surface area contributed by atoms with Crippen molar-refractivity contribution in [3.63, 3.8) is 0 Å². The van der Waals surface area contributed by atoms with E-state index in [2.05, 4.69) is 25.6 Å². The summed E-state index contributed by atoms with van der Waals surface area (Å²) in [6, 6.07) is 2.42. The molecular formula is C9H12BrFN2O2S. The second-order valence-corrected chi connectivity index (χ2v) is 5.56. The predicted molar refractivity (Wildman–Crippen MR) is 62.4 cm³/mol. The zero-order valence-electron chi connectivity index (χ0n) is 8.49. The van der Waals surface area contributed by atoms with Gasteiger partial charge in [0, 0.05) is 18.1 Å². The number of sulfonamides is 1. The minimum absolute atomic E-state index is 0.282. The number of aromatic nitrogens is 1. The largest absolute Gasteiger partial charge is 0.261 e. The Balaban J connectivity index is 2.68. The van der Waals surface area contributed by atoms with Crippen LogP contribution in [0.2, 0.25) is 0 Å². The number of nitrogens with zero attached hydrogens (tertiary/aromatic N) is 1. The van der Waals surface area contributed by atoms with Gasteiger partial charge in [0.05, 0.1) is 0 Å². The van der Waals surface area contributed by atoms with Crippen molar-refractivity contribution in [1.82, 2.24) is 9.71 Å². The van der Waals surface area contributed by atoms with Crippen molar-refractivity contribution in [3.05, 3.63) is 24.1 Å². The molecule has 1 N–H and O–H groups in total. The van der Waals surface area contributed by atoms with Crippen LogP contribution in [0.5, 0.6) is 0 Å². The van der Waals surface area contributed by atoms with Gasteiger partial charge in [-0.05, 0) is 25.0 Å². The van der Waals surface area contributed by atoms with E-state index in [9.17, 15) is 12.8 Å². The molecule has 16 heavy (non-hydrogen) atoms. The second-order valence-electron chi connectivity index (χ2n) is 3.08. The van der Waals surface area contributed by atoms with E-state index in [1.54, 1.807) is 0 Å². The SMILES string of the molecule is O=S(=O)(NCCCCBr)c1ncccc1F. The second kappa shape index (κ2) is 6.27. The molecule has 0 aliphatic rings. The number of hydrogen-bond donors (Lipinski definition) is 1. The highest BCUT2D eigenvalue weighted by Gasteiger charge is 2.19. The maximum atomic E-state index is 13.2. The normalized spacial score (nSPS) is 11.6. The van der Waals surface area contributed by atoms with Crippen LogP contribution in [0.25, 0.3) is 0 Å². The first kappa shape index (κ1) is 13.5. The summed E-state index contributed by atoms with van der Waals surface area (Å²) in [5.74, 6) is -0.838. The lowest BCUT2D eigenvalue weighted by Crippen LogP contribution is -2.26. The van der Waals surface area contributed by atoms with Crippen LogP contribution in [0.3, 0.4) is 0 Å². The van der Waals surface area contributed by atoms with Crippen LogP contribution in [0, 0.1) is 5.82 Å². The minimum Gasteiger partial charge on any atom is -0.241 e. The monoisotopic (exact) mass is 310 g/mol. The van der Waals surface area contributed by atoms with Crippen LogP contribution in [-0.4, -0.2) is 25.3 Å². The molecule has 4 nitrogen and oxygen atoms in total. The lowest BCUT2D eigenvalue weighted by atomic mass is 10.3. The highest BCUT2D eigenvalue weighted by Crippen LogP contribution is 2.09. The zero-order chi connectivity index (χ0) is 12.0. The van der Waals surface area contributed by atoms with Crippen molar-refractivity contribution in [3.8, 4) is 0 Å². The van der Waals surface area contributed by atoms with E-state index >= 15 is 0 Å². The fourth-order valence-corrected chi connectivity index (χ4v) is 2.53. The van der Waals surface area contributed by atoms with E-state index in [1.807, 2.05) is 0 Å². The summed E-state index contributed by atoms with van der Waals surface area (Å²) in [4.78, 5) is 3.51. The van der Waals surface area contributed by atoms with Crippen LogP contribution in [0.1, 0.15) is 12.8 Å². The first-order valence-electron chi connectivity index (χ1n) is 4.74. The Morgan fingerprint density at radius 2 is 2.19 bits per heavy atom. The van der Waals surface area contributed by atoms with Crippen LogP contribution in [0.15, 0.2) is 23.4 Å². The Morgan fingerprint density at radius 3 is 2.81 bits per heavy atom. The third-order valence-corrected chi connectivity index (χ3v) is 3.79. The number of pyridine rings is 1. The van der Waals surface area contributed by atoms with Gasteiger partial charge < -0.3 is 0 Å². The highest BCUT2D eigenvalue weighted by atomic mass is 79.9. The molecule has 90 valence electrons. The molecule has 0 unspecified atom stereocenters. The molecule has 0 amide bonds. The van der Waals surface area contributed by atoms with Gasteiger partial charge in [-0.1, -0.05) is 15.9 Å². The van der Waals surface area contributed by atoms with Crippen LogP contribution >= 0.6 is 15.9 Å². The number of alkyl halides is 1. The standard InChI is InChI=1S/C9H12BrFN2O2S/c10-5-1-2-7-13-16(14,15)9-8(11)4-3-6-12-9/h3-4,6,13H,1-2,5,7H2. The first-order chi connectivity index (χ1) is 7.58. The Bertz CT molecular complexity index is 439. The first-order valence-corrected chi connectivity index (χ1v) is 7.34. The van der Waals surface area contributed by atoms with Gasteiger partial charge in [0.2, 0.25) is 5.03 Å². The van der Waals surface area contributed by atoms with E-state index in [1.165, 1.54) is 12.3 Å². The number of hydrogen-bond acceptors (Lipinski definition) is 3. The summed E-state index contributed by atoms with van der Waals surface area (Å²) >= 11 is 3.24. The number of halogens is 2. The predicted octanol–water partition coefficient (Wildman–Crippen LogP) is 1.67. The van der Waals surface area contributed by atoms with Crippen molar-refractivity contribution in [2.75, 3.05) is 11.9 Å². The van der Waals surface area contributed by atoms with E-state index in [0.29, 0.717) is 6.42 Å². The molecule has 0 spiro atoms. The number of nitrogens with one attached hydrogen (secondary N) is 1. The van der Waals surface area contributed by atoms with E-state index < -0.39 is 20.9 Å². The maximum Gasteiger partial charge on any atom is 0.261 e. The third kappa shape index (κ3) is 3.80. The van der Waals surface area contributed by atoms with Crippen LogP contribution in [0.4, 0.5) is 4.39 Å². The highest BCUT2D eigenvalue weighted by molar-refractivity contribution is 9.09. The van der Waals surface area contributed by atoms with Crippen molar-refractivity contribution in [2.45, 2.75) is 17.9 Å². The fraction of sp³-hybridized carbons (Fsp3) is 0.444. The van der Waals surface area contributed by atoms with Crippen LogP contribution < -0.4 is 4.72 Å². The van der Waals surface area contributed by atoms with Gasteiger partial charge in [0.25, 0.3) is 10.0 Å². The van der Waals surface area contributed by atoms with Gasteiger partial charge in [-0.2, -0.15) is 0 Å². The van der Waals surface area contributed by atoms with Crippen LogP contribution in [-0.2, 0) is 10.0 Å². The third-order valence-electron chi connectivity index (χ3n) is 1.83. The van der Waals surface area contributed by atoms with E-state index in [-0.39, 0.29) is 6.54 Å². The van der Waals surface area contributed by atoms with Crippen molar-refractivity contribution >= 4 is 26.0 Å². The maximum absolute atomic E-state index is 13.2. The summed E-state index contributed by atoms with van der Waals surface area (Å²) in [5, 5.41) is 0.265. The Labute approximate surface area is 102 Å². The summed E-state index contributed by atoms with van der Waals surface area (Å²) in [6.07, 6.45) is 2.79. The van der Waals surface area contributed by atoms with Gasteiger partial charge in [0.15, 0.2) is 5.82 Å². The number of rotatable bonds is 6. The molecule has 0 fully saturated rings. The molecule has 0 saturated carbocycles. The summed E-state index contributed by atoms with van der Waals surface area (Å²) in [6.45, 7) is 0.282. The zero-order valence-corrected chi connectivity index (χ0v) is 10.9.